The molecule has 0 radical (unpaired) electrons. The number of hydrogen-bond acceptors (Lipinski definition) is 5. The summed E-state index contributed by atoms with van der Waals surface area (Å²) in [6.45, 7) is 5.67. The molecule has 2 N–H and O–H groups in total. The maximum atomic E-state index is 12.8. The average molecular weight is 483 g/mol. The summed E-state index contributed by atoms with van der Waals surface area (Å²) in [6, 6.07) is 19.3. The van der Waals surface area contributed by atoms with Crippen molar-refractivity contribution in [1.82, 2.24) is 5.32 Å². The monoisotopic (exact) mass is 482 g/mol. The number of anilines is 1. The SMILES string of the molecule is Cc1ccc(OCC(=O)NC(=S)Nc2ccc(S(=O)(=O)Cc3ccc(C)cc3C)cc2)cc1. The highest BCUT2D eigenvalue weighted by Gasteiger charge is 2.17. The summed E-state index contributed by atoms with van der Waals surface area (Å²) in [7, 11) is -3.50. The number of aryl methyl sites for hydroxylation is 3. The fraction of sp³-hybridized carbons (Fsp3) is 0.200. The topological polar surface area (TPSA) is 84.5 Å². The van der Waals surface area contributed by atoms with Crippen molar-refractivity contribution in [2.24, 2.45) is 0 Å². The molecular weight excluding hydrogens is 456 g/mol. The Labute approximate surface area is 199 Å². The Kier molecular flexibility index (Phi) is 7.84. The second kappa shape index (κ2) is 10.6. The normalized spacial score (nSPS) is 11.0. The average Bonchev–Trinajstić information content (AvgIpc) is 2.75. The van der Waals surface area contributed by atoms with E-state index in [9.17, 15) is 13.2 Å². The maximum Gasteiger partial charge on any atom is 0.264 e. The fourth-order valence-electron chi connectivity index (χ4n) is 3.15. The van der Waals surface area contributed by atoms with Gasteiger partial charge in [0.15, 0.2) is 21.6 Å². The van der Waals surface area contributed by atoms with Gasteiger partial charge in [-0.25, -0.2) is 8.42 Å². The number of ether oxygens (including phenoxy) is 1. The summed E-state index contributed by atoms with van der Waals surface area (Å²) >= 11 is 5.16. The first-order valence-electron chi connectivity index (χ1n) is 10.3. The summed E-state index contributed by atoms with van der Waals surface area (Å²) in [6.07, 6.45) is 0. The van der Waals surface area contributed by atoms with E-state index < -0.39 is 15.7 Å². The minimum absolute atomic E-state index is 0.0681. The number of nitrogens with one attached hydrogen (secondary N) is 2. The third-order valence-corrected chi connectivity index (χ3v) is 6.84. The molecule has 3 rings (SSSR count). The minimum atomic E-state index is -3.50. The maximum absolute atomic E-state index is 12.8. The van der Waals surface area contributed by atoms with Crippen molar-refractivity contribution in [3.8, 4) is 5.75 Å². The minimum Gasteiger partial charge on any atom is -0.484 e. The number of thiocarbonyl (C=S) groups is 1. The number of hydrogen-bond donors (Lipinski definition) is 2. The lowest BCUT2D eigenvalue weighted by molar-refractivity contribution is -0.121. The van der Waals surface area contributed by atoms with Crippen LogP contribution in [0.3, 0.4) is 0 Å². The Morgan fingerprint density at radius 2 is 1.55 bits per heavy atom. The molecule has 6 nitrogen and oxygen atoms in total. The van der Waals surface area contributed by atoms with E-state index in [4.69, 9.17) is 17.0 Å². The van der Waals surface area contributed by atoms with E-state index in [-0.39, 0.29) is 22.4 Å². The number of amides is 1. The van der Waals surface area contributed by atoms with E-state index in [0.717, 1.165) is 22.3 Å². The molecule has 0 fully saturated rings. The predicted molar refractivity (Wildman–Crippen MR) is 134 cm³/mol. The molecule has 3 aromatic carbocycles. The molecule has 0 bridgehead atoms. The quantitative estimate of drug-likeness (QED) is 0.483. The summed E-state index contributed by atoms with van der Waals surface area (Å²) in [4.78, 5) is 12.3. The molecular formula is C25H26N2O4S2. The van der Waals surface area contributed by atoms with Gasteiger partial charge in [0, 0.05) is 5.69 Å². The number of benzene rings is 3. The second-order valence-electron chi connectivity index (χ2n) is 7.82. The van der Waals surface area contributed by atoms with Crippen LogP contribution in [0.2, 0.25) is 0 Å². The molecule has 0 saturated carbocycles. The van der Waals surface area contributed by atoms with Crippen molar-refractivity contribution in [3.05, 3.63) is 89.0 Å². The van der Waals surface area contributed by atoms with Gasteiger partial charge in [-0.1, -0.05) is 41.5 Å². The molecule has 3 aromatic rings. The van der Waals surface area contributed by atoms with Crippen molar-refractivity contribution < 1.29 is 17.9 Å². The Bertz CT molecular complexity index is 1250. The molecule has 8 heteroatoms. The Morgan fingerprint density at radius 3 is 2.18 bits per heavy atom. The lowest BCUT2D eigenvalue weighted by atomic mass is 10.1. The first-order chi connectivity index (χ1) is 15.6. The van der Waals surface area contributed by atoms with Gasteiger partial charge in [0.25, 0.3) is 5.91 Å². The molecule has 0 unspecified atom stereocenters. The van der Waals surface area contributed by atoms with E-state index >= 15 is 0 Å². The van der Waals surface area contributed by atoms with Crippen molar-refractivity contribution in [1.29, 1.82) is 0 Å². The molecule has 0 aliphatic heterocycles. The summed E-state index contributed by atoms with van der Waals surface area (Å²) in [5.41, 5.74) is 4.48. The van der Waals surface area contributed by atoms with Crippen LogP contribution in [0.1, 0.15) is 22.3 Å². The van der Waals surface area contributed by atoms with Crippen LogP contribution in [0.5, 0.6) is 5.75 Å². The summed E-state index contributed by atoms with van der Waals surface area (Å²) in [5.74, 6) is 0.120. The van der Waals surface area contributed by atoms with Crippen LogP contribution < -0.4 is 15.4 Å². The third kappa shape index (κ3) is 7.13. The van der Waals surface area contributed by atoms with Crippen molar-refractivity contribution in [2.45, 2.75) is 31.4 Å². The highest BCUT2D eigenvalue weighted by atomic mass is 32.2. The van der Waals surface area contributed by atoms with Gasteiger partial charge in [-0.05, 0) is 80.5 Å². The summed E-state index contributed by atoms with van der Waals surface area (Å²) in [5, 5.41) is 5.50. The van der Waals surface area contributed by atoms with E-state index in [1.807, 2.05) is 51.1 Å². The van der Waals surface area contributed by atoms with Gasteiger partial charge in [0.1, 0.15) is 5.75 Å². The van der Waals surface area contributed by atoms with Gasteiger partial charge in [-0.15, -0.1) is 0 Å². The molecule has 0 atom stereocenters. The number of rotatable bonds is 7. The molecule has 0 heterocycles. The zero-order valence-corrected chi connectivity index (χ0v) is 20.3. The molecule has 0 aliphatic rings. The van der Waals surface area contributed by atoms with Crippen LogP contribution in [0, 0.1) is 20.8 Å². The van der Waals surface area contributed by atoms with Crippen LogP contribution >= 0.6 is 12.2 Å². The molecule has 0 spiro atoms. The molecule has 0 saturated heterocycles. The van der Waals surface area contributed by atoms with Crippen molar-refractivity contribution in [2.75, 3.05) is 11.9 Å². The smallest absolute Gasteiger partial charge is 0.264 e. The van der Waals surface area contributed by atoms with E-state index in [1.54, 1.807) is 24.3 Å². The van der Waals surface area contributed by atoms with Crippen LogP contribution in [0.15, 0.2) is 71.6 Å². The Hall–Kier alpha value is -3.23. The highest BCUT2D eigenvalue weighted by molar-refractivity contribution is 7.90. The summed E-state index contributed by atoms with van der Waals surface area (Å²) < 4.78 is 31.0. The van der Waals surface area contributed by atoms with Gasteiger partial charge in [-0.3, -0.25) is 10.1 Å². The van der Waals surface area contributed by atoms with E-state index in [2.05, 4.69) is 10.6 Å². The molecule has 1 amide bonds. The zero-order valence-electron chi connectivity index (χ0n) is 18.7. The first-order valence-corrected chi connectivity index (χ1v) is 12.4. The molecule has 0 aromatic heterocycles. The van der Waals surface area contributed by atoms with Crippen LogP contribution in [0.25, 0.3) is 0 Å². The third-order valence-electron chi connectivity index (χ3n) is 4.96. The van der Waals surface area contributed by atoms with Gasteiger partial charge in [-0.2, -0.15) is 0 Å². The lowest BCUT2D eigenvalue weighted by Crippen LogP contribution is -2.37. The first kappa shape index (κ1) is 24.4. The Balaban J connectivity index is 1.54. The number of carbonyl (C=O) groups excluding carboxylic acids is 1. The highest BCUT2D eigenvalue weighted by Crippen LogP contribution is 2.21. The number of carbonyl (C=O) groups is 1. The van der Waals surface area contributed by atoms with Crippen LogP contribution in [0.4, 0.5) is 5.69 Å². The second-order valence-corrected chi connectivity index (χ2v) is 10.2. The van der Waals surface area contributed by atoms with E-state index in [0.29, 0.717) is 11.4 Å². The lowest BCUT2D eigenvalue weighted by Gasteiger charge is -2.12. The van der Waals surface area contributed by atoms with Crippen molar-refractivity contribution in [3.63, 3.8) is 0 Å². The van der Waals surface area contributed by atoms with Gasteiger partial charge >= 0.3 is 0 Å². The number of sulfone groups is 1. The van der Waals surface area contributed by atoms with Gasteiger partial charge in [0.05, 0.1) is 10.6 Å². The fourth-order valence-corrected chi connectivity index (χ4v) is 4.83. The van der Waals surface area contributed by atoms with Gasteiger partial charge < -0.3 is 10.1 Å². The van der Waals surface area contributed by atoms with E-state index in [1.165, 1.54) is 12.1 Å². The predicted octanol–water partition coefficient (Wildman–Crippen LogP) is 4.48. The van der Waals surface area contributed by atoms with Gasteiger partial charge in [0.2, 0.25) is 0 Å². The largest absolute Gasteiger partial charge is 0.484 e. The Morgan fingerprint density at radius 1 is 0.909 bits per heavy atom. The zero-order chi connectivity index (χ0) is 24.0. The standard InChI is InChI=1S/C25H26N2O4S2/c1-17-5-10-22(11-6-17)31-15-24(28)27-25(32)26-21-8-12-23(13-9-21)33(29,30)16-20-7-4-18(2)14-19(20)3/h4-14H,15-16H2,1-3H3,(H2,26,27,28,32). The van der Waals surface area contributed by atoms with Crippen LogP contribution in [-0.4, -0.2) is 26.0 Å². The van der Waals surface area contributed by atoms with Crippen molar-refractivity contribution >= 4 is 38.8 Å². The molecule has 0 aliphatic carbocycles. The van der Waals surface area contributed by atoms with Crippen LogP contribution in [-0.2, 0) is 20.4 Å². The molecule has 33 heavy (non-hydrogen) atoms. The molecule has 172 valence electrons.